The monoisotopic (exact) mass is 440 g/mol. The molecule has 8 nitrogen and oxygen atoms in total. The minimum Gasteiger partial charge on any atom is -0.463 e. The van der Waals surface area contributed by atoms with E-state index in [-0.39, 0.29) is 5.91 Å². The maximum Gasteiger partial charge on any atom is 0.257 e. The van der Waals surface area contributed by atoms with Crippen LogP contribution in [0.25, 0.3) is 17.4 Å². The highest BCUT2D eigenvalue weighted by Crippen LogP contribution is 2.42. The molecule has 2 fully saturated rings. The predicted molar refractivity (Wildman–Crippen MR) is 123 cm³/mol. The zero-order chi connectivity index (χ0) is 22.2. The van der Waals surface area contributed by atoms with Gasteiger partial charge >= 0.3 is 0 Å². The maximum absolute atomic E-state index is 13.5. The number of nitrogens with zero attached hydrogens (tertiary/aromatic N) is 6. The molecule has 0 bridgehead atoms. The topological polar surface area (TPSA) is 80.3 Å². The van der Waals surface area contributed by atoms with E-state index in [0.717, 1.165) is 31.6 Å². The summed E-state index contributed by atoms with van der Waals surface area (Å²) in [5.74, 6) is 1.48. The SMILES string of the molecule is O=C(c1cnn(-c2nccc(-c3ccco3)n2)c1C1CC1)N1CCN(c2ccccc2)CC1. The molecular weight excluding hydrogens is 416 g/mol. The Balaban J connectivity index is 1.25. The number of carbonyl (C=O) groups excluding carboxylic acids is 1. The van der Waals surface area contributed by atoms with Gasteiger partial charge in [-0.25, -0.2) is 14.6 Å². The summed E-state index contributed by atoms with van der Waals surface area (Å²) in [5.41, 5.74) is 3.47. The summed E-state index contributed by atoms with van der Waals surface area (Å²) in [4.78, 5) is 26.8. The third-order valence-electron chi connectivity index (χ3n) is 6.30. The lowest BCUT2D eigenvalue weighted by Crippen LogP contribution is -2.48. The first-order valence-corrected chi connectivity index (χ1v) is 11.3. The number of para-hydroxylation sites is 1. The largest absolute Gasteiger partial charge is 0.463 e. The van der Waals surface area contributed by atoms with E-state index in [9.17, 15) is 4.79 Å². The molecule has 3 aromatic heterocycles. The van der Waals surface area contributed by atoms with Crippen LogP contribution in [0.1, 0.15) is 34.8 Å². The zero-order valence-corrected chi connectivity index (χ0v) is 18.2. The lowest BCUT2D eigenvalue weighted by molar-refractivity contribution is 0.0745. The summed E-state index contributed by atoms with van der Waals surface area (Å²) in [7, 11) is 0. The molecule has 0 radical (unpaired) electrons. The molecule has 4 aromatic rings. The van der Waals surface area contributed by atoms with E-state index in [2.05, 4.69) is 32.1 Å². The average Bonchev–Trinajstić information content (AvgIpc) is 3.38. The van der Waals surface area contributed by atoms with Crippen LogP contribution in [-0.2, 0) is 0 Å². The highest BCUT2D eigenvalue weighted by atomic mass is 16.3. The number of amides is 1. The van der Waals surface area contributed by atoms with Gasteiger partial charge in [-0.3, -0.25) is 4.79 Å². The molecule has 6 rings (SSSR count). The minimum atomic E-state index is 0.0399. The molecule has 0 atom stereocenters. The van der Waals surface area contributed by atoms with Crippen LogP contribution in [0.5, 0.6) is 0 Å². The van der Waals surface area contributed by atoms with Gasteiger partial charge in [-0.2, -0.15) is 5.10 Å². The van der Waals surface area contributed by atoms with Crippen LogP contribution in [0, 0.1) is 0 Å². The highest BCUT2D eigenvalue weighted by molar-refractivity contribution is 5.95. The molecule has 0 N–H and O–H groups in total. The molecule has 1 aliphatic heterocycles. The normalized spacial score (nSPS) is 16.2. The molecule has 1 aromatic carbocycles. The summed E-state index contributed by atoms with van der Waals surface area (Å²) < 4.78 is 7.21. The number of furan rings is 1. The van der Waals surface area contributed by atoms with Crippen molar-refractivity contribution in [1.82, 2.24) is 24.6 Å². The fourth-order valence-corrected chi connectivity index (χ4v) is 4.42. The maximum atomic E-state index is 13.5. The van der Waals surface area contributed by atoms with Crippen molar-refractivity contribution in [3.05, 3.63) is 78.4 Å². The van der Waals surface area contributed by atoms with Crippen LogP contribution in [0.4, 0.5) is 5.69 Å². The summed E-state index contributed by atoms with van der Waals surface area (Å²) in [6, 6.07) is 15.8. The summed E-state index contributed by atoms with van der Waals surface area (Å²) >= 11 is 0. The van der Waals surface area contributed by atoms with Crippen molar-refractivity contribution in [1.29, 1.82) is 0 Å². The molecule has 1 aliphatic carbocycles. The van der Waals surface area contributed by atoms with Crippen molar-refractivity contribution < 1.29 is 9.21 Å². The molecular formula is C25H24N6O2. The number of rotatable bonds is 5. The molecule has 8 heteroatoms. The Hall–Kier alpha value is -3.94. The number of hydrogen-bond acceptors (Lipinski definition) is 6. The number of piperazine rings is 1. The summed E-state index contributed by atoms with van der Waals surface area (Å²) in [5, 5.41) is 4.55. The number of benzene rings is 1. The van der Waals surface area contributed by atoms with Gasteiger partial charge in [-0.1, -0.05) is 18.2 Å². The lowest BCUT2D eigenvalue weighted by Gasteiger charge is -2.36. The summed E-state index contributed by atoms with van der Waals surface area (Å²) in [6.45, 7) is 3.01. The average molecular weight is 441 g/mol. The highest BCUT2D eigenvalue weighted by Gasteiger charge is 2.35. The van der Waals surface area contributed by atoms with Gasteiger partial charge in [0.15, 0.2) is 5.76 Å². The van der Waals surface area contributed by atoms with Crippen molar-refractivity contribution in [2.75, 3.05) is 31.1 Å². The van der Waals surface area contributed by atoms with Crippen LogP contribution in [-0.4, -0.2) is 56.7 Å². The molecule has 1 saturated carbocycles. The third kappa shape index (κ3) is 3.77. The predicted octanol–water partition coefficient (Wildman–Crippen LogP) is 3.76. The first-order valence-electron chi connectivity index (χ1n) is 11.3. The van der Waals surface area contributed by atoms with E-state index < -0.39 is 0 Å². The van der Waals surface area contributed by atoms with Crippen LogP contribution >= 0.6 is 0 Å². The van der Waals surface area contributed by atoms with Gasteiger partial charge in [-0.15, -0.1) is 0 Å². The lowest BCUT2D eigenvalue weighted by atomic mass is 10.1. The quantitative estimate of drug-likeness (QED) is 0.470. The van der Waals surface area contributed by atoms with Crippen LogP contribution < -0.4 is 4.90 Å². The van der Waals surface area contributed by atoms with Crippen molar-refractivity contribution in [3.63, 3.8) is 0 Å². The van der Waals surface area contributed by atoms with E-state index in [1.165, 1.54) is 5.69 Å². The van der Waals surface area contributed by atoms with Gasteiger partial charge in [0.1, 0.15) is 5.69 Å². The van der Waals surface area contributed by atoms with Crippen molar-refractivity contribution >= 4 is 11.6 Å². The fraction of sp³-hybridized carbons (Fsp3) is 0.280. The second-order valence-corrected chi connectivity index (χ2v) is 8.46. The van der Waals surface area contributed by atoms with Gasteiger partial charge in [0.2, 0.25) is 0 Å². The second kappa shape index (κ2) is 8.20. The van der Waals surface area contributed by atoms with Crippen LogP contribution in [0.2, 0.25) is 0 Å². The van der Waals surface area contributed by atoms with Crippen molar-refractivity contribution in [3.8, 4) is 17.4 Å². The van der Waals surface area contributed by atoms with Crippen molar-refractivity contribution in [2.24, 2.45) is 0 Å². The zero-order valence-electron chi connectivity index (χ0n) is 18.2. The molecule has 33 heavy (non-hydrogen) atoms. The molecule has 0 unspecified atom stereocenters. The number of carbonyl (C=O) groups is 1. The Morgan fingerprint density at radius 3 is 2.52 bits per heavy atom. The van der Waals surface area contributed by atoms with Gasteiger partial charge in [0, 0.05) is 44.0 Å². The van der Waals surface area contributed by atoms with E-state index in [1.807, 2.05) is 35.2 Å². The number of anilines is 1. The number of aromatic nitrogens is 4. The van der Waals surface area contributed by atoms with Gasteiger partial charge in [0.05, 0.1) is 23.7 Å². The number of hydrogen-bond donors (Lipinski definition) is 0. The van der Waals surface area contributed by atoms with E-state index in [1.54, 1.807) is 29.4 Å². The molecule has 1 amide bonds. The van der Waals surface area contributed by atoms with Crippen molar-refractivity contribution in [2.45, 2.75) is 18.8 Å². The molecule has 4 heterocycles. The van der Waals surface area contributed by atoms with E-state index in [0.29, 0.717) is 42.0 Å². The van der Waals surface area contributed by atoms with E-state index >= 15 is 0 Å². The smallest absolute Gasteiger partial charge is 0.257 e. The second-order valence-electron chi connectivity index (χ2n) is 8.46. The Morgan fingerprint density at radius 2 is 1.79 bits per heavy atom. The molecule has 166 valence electrons. The Labute approximate surface area is 191 Å². The van der Waals surface area contributed by atoms with E-state index in [4.69, 9.17) is 4.42 Å². The molecule has 2 aliphatic rings. The third-order valence-corrected chi connectivity index (χ3v) is 6.30. The van der Waals surface area contributed by atoms with Crippen LogP contribution in [0.15, 0.2) is 71.6 Å². The fourth-order valence-electron chi connectivity index (χ4n) is 4.42. The van der Waals surface area contributed by atoms with Gasteiger partial charge < -0.3 is 14.2 Å². The first-order chi connectivity index (χ1) is 16.3. The van der Waals surface area contributed by atoms with Crippen LogP contribution in [0.3, 0.4) is 0 Å². The molecule has 1 saturated heterocycles. The van der Waals surface area contributed by atoms with Gasteiger partial charge in [-0.05, 0) is 43.2 Å². The Bertz CT molecular complexity index is 1260. The minimum absolute atomic E-state index is 0.0399. The first kappa shape index (κ1) is 19.7. The standard InChI is InChI=1S/C25H24N6O2/c32-24(30-14-12-29(13-15-30)19-5-2-1-3-6-19)20-17-27-31(23(20)18-8-9-18)25-26-11-10-21(28-25)22-7-4-16-33-22/h1-7,10-11,16-18H,8-9,12-15H2. The Morgan fingerprint density at radius 1 is 0.970 bits per heavy atom. The molecule has 0 spiro atoms. The van der Waals surface area contributed by atoms with Gasteiger partial charge in [0.25, 0.3) is 11.9 Å². The Kier molecular flexibility index (Phi) is 4.90. The summed E-state index contributed by atoms with van der Waals surface area (Å²) in [6.07, 6.45) is 7.09.